The Bertz CT molecular complexity index is 2100. The van der Waals surface area contributed by atoms with Crippen molar-refractivity contribution in [3.63, 3.8) is 0 Å². The Hall–Kier alpha value is -4.93. The van der Waals surface area contributed by atoms with Gasteiger partial charge >= 0.3 is 6.09 Å². The third-order valence-corrected chi connectivity index (χ3v) is 13.5. The Kier molecular flexibility index (Phi) is 13.0. The SMILES string of the molecule is C=C1C[C@H]2[C@H](O)N(C(=O)OCC(C)SSc3ccccn3)c3cc(OCCCCCOc4cc5c(cc4OC)C(=O)N4CC(C)(C)C[C@H]4C=N5)c(OC)cc3C(=O)N2C1. The highest BCUT2D eigenvalue weighted by atomic mass is 33.1. The molecule has 16 heteroatoms. The third kappa shape index (κ3) is 9.29. The fourth-order valence-corrected chi connectivity index (χ4v) is 9.72. The van der Waals surface area contributed by atoms with Crippen molar-refractivity contribution in [2.45, 2.75) is 81.5 Å². The number of amides is 3. The number of unbranched alkanes of at least 4 members (excludes halogenated alkanes) is 2. The van der Waals surface area contributed by atoms with Crippen LogP contribution in [0.4, 0.5) is 16.2 Å². The molecule has 0 spiro atoms. The summed E-state index contributed by atoms with van der Waals surface area (Å²) in [6.45, 7) is 12.0. The highest BCUT2D eigenvalue weighted by Gasteiger charge is 2.46. The molecule has 5 heterocycles. The fourth-order valence-electron chi connectivity index (χ4n) is 7.84. The highest BCUT2D eigenvalue weighted by molar-refractivity contribution is 8.76. The molecule has 3 amide bonds. The number of benzene rings is 2. The van der Waals surface area contributed by atoms with Crippen LogP contribution in [-0.4, -0.2) is 115 Å². The third-order valence-electron chi connectivity index (χ3n) is 10.7. The molecule has 2 saturated heterocycles. The maximum atomic E-state index is 14.0. The maximum absolute atomic E-state index is 14.0. The number of anilines is 1. The van der Waals surface area contributed by atoms with Crippen LogP contribution >= 0.6 is 21.6 Å². The van der Waals surface area contributed by atoms with Gasteiger partial charge < -0.3 is 38.6 Å². The van der Waals surface area contributed by atoms with E-state index in [0.717, 1.165) is 28.3 Å². The van der Waals surface area contributed by atoms with Gasteiger partial charge in [0.2, 0.25) is 0 Å². The Morgan fingerprint density at radius 2 is 1.66 bits per heavy atom. The molecule has 14 nitrogen and oxygen atoms in total. The summed E-state index contributed by atoms with van der Waals surface area (Å²) in [5.41, 5.74) is 2.23. The molecule has 4 aliphatic heterocycles. The van der Waals surface area contributed by atoms with Gasteiger partial charge in [-0.15, -0.1) is 0 Å². The number of aliphatic hydroxyl groups excluding tert-OH is 1. The van der Waals surface area contributed by atoms with Crippen molar-refractivity contribution < 1.29 is 43.2 Å². The fraction of sp³-hybridized carbons (Fsp3) is 0.465. The minimum Gasteiger partial charge on any atom is -0.493 e. The molecule has 2 aromatic carbocycles. The van der Waals surface area contributed by atoms with E-state index < -0.39 is 18.4 Å². The Labute approximate surface area is 352 Å². The average Bonchev–Trinajstić information content (AvgIpc) is 3.73. The summed E-state index contributed by atoms with van der Waals surface area (Å²) in [6.07, 6.45) is 4.73. The number of aliphatic hydroxyl groups is 1. The standard InChI is InChI=1S/C43H51N5O9S2/c1-26-16-33-41(51)48(42(52)57-24-27(2)58-59-38-12-8-9-13-44-38)32-20-37(35(54-6)18-30(32)40(50)46(33)23-26)56-15-11-7-10-14-55-36-19-31-29(17-34(36)53-5)39(49)47-25-43(3,4)21-28(47)22-45-31/h8-9,12-13,17-20,22,27-28,33,41,51H,1,7,10-11,14-16,21,23-25H2,2-6H3/t27?,28-,33-,41-/m0/s1. The van der Waals surface area contributed by atoms with Gasteiger partial charge in [0.15, 0.2) is 29.2 Å². The number of pyridine rings is 1. The van der Waals surface area contributed by atoms with Gasteiger partial charge in [-0.1, -0.05) is 42.9 Å². The molecule has 0 radical (unpaired) electrons. The number of carbonyl (C=O) groups excluding carboxylic acids is 3. The number of methoxy groups -OCH3 is 2. The molecule has 2 fully saturated rings. The first-order chi connectivity index (χ1) is 28.4. The van der Waals surface area contributed by atoms with Crippen LogP contribution < -0.4 is 23.8 Å². The lowest BCUT2D eigenvalue weighted by molar-refractivity contribution is 0.0491. The van der Waals surface area contributed by atoms with Gasteiger partial charge in [-0.25, -0.2) is 14.7 Å². The van der Waals surface area contributed by atoms with Crippen LogP contribution in [0.2, 0.25) is 0 Å². The second-order valence-electron chi connectivity index (χ2n) is 15.9. The molecule has 1 unspecified atom stereocenters. The zero-order chi connectivity index (χ0) is 41.8. The number of aliphatic imine (C=N–C) groups is 1. The highest BCUT2D eigenvalue weighted by Crippen LogP contribution is 2.44. The van der Waals surface area contributed by atoms with Gasteiger partial charge in [-0.05, 0) is 79.5 Å². The van der Waals surface area contributed by atoms with E-state index in [-0.39, 0.29) is 52.9 Å². The number of fused-ring (bicyclic) bond motifs is 4. The van der Waals surface area contributed by atoms with Gasteiger partial charge in [0.1, 0.15) is 11.6 Å². The van der Waals surface area contributed by atoms with E-state index >= 15 is 0 Å². The summed E-state index contributed by atoms with van der Waals surface area (Å²) in [6, 6.07) is 11.5. The maximum Gasteiger partial charge on any atom is 0.416 e. The van der Waals surface area contributed by atoms with E-state index in [1.165, 1.54) is 28.7 Å². The lowest BCUT2D eigenvalue weighted by Crippen LogP contribution is -2.51. The summed E-state index contributed by atoms with van der Waals surface area (Å²) in [5, 5.41) is 12.4. The predicted octanol–water partition coefficient (Wildman–Crippen LogP) is 7.56. The number of ether oxygens (including phenoxy) is 5. The summed E-state index contributed by atoms with van der Waals surface area (Å²) < 4.78 is 29.4. The Balaban J connectivity index is 0.979. The first-order valence-corrected chi connectivity index (χ1v) is 22.0. The van der Waals surface area contributed by atoms with E-state index in [4.69, 9.17) is 23.7 Å². The van der Waals surface area contributed by atoms with Crippen molar-refractivity contribution in [2.24, 2.45) is 10.4 Å². The minimum absolute atomic E-state index is 0.0306. The molecule has 4 atom stereocenters. The predicted molar refractivity (Wildman–Crippen MR) is 228 cm³/mol. The summed E-state index contributed by atoms with van der Waals surface area (Å²) in [7, 11) is 6.03. The molecular weight excluding hydrogens is 795 g/mol. The average molecular weight is 846 g/mol. The summed E-state index contributed by atoms with van der Waals surface area (Å²) in [5.74, 6) is 1.22. The Morgan fingerprint density at radius 1 is 0.966 bits per heavy atom. The molecule has 1 N–H and O–H groups in total. The van der Waals surface area contributed by atoms with Crippen molar-refractivity contribution in [2.75, 3.05) is 52.0 Å². The zero-order valence-electron chi connectivity index (χ0n) is 34.0. The molecule has 0 bridgehead atoms. The lowest BCUT2D eigenvalue weighted by Gasteiger charge is -2.31. The van der Waals surface area contributed by atoms with Crippen LogP contribution in [0.1, 0.15) is 73.6 Å². The van der Waals surface area contributed by atoms with Crippen LogP contribution in [0.5, 0.6) is 23.0 Å². The normalized spacial score (nSPS) is 20.9. The van der Waals surface area contributed by atoms with E-state index in [1.54, 1.807) is 42.5 Å². The minimum atomic E-state index is -1.39. The van der Waals surface area contributed by atoms with Crippen LogP contribution in [0, 0.1) is 5.41 Å². The number of hydrogen-bond acceptors (Lipinski definition) is 13. The number of aromatic nitrogens is 1. The van der Waals surface area contributed by atoms with E-state index in [9.17, 15) is 19.5 Å². The van der Waals surface area contributed by atoms with Gasteiger partial charge in [0.25, 0.3) is 11.8 Å². The molecule has 7 rings (SSSR count). The Morgan fingerprint density at radius 3 is 2.36 bits per heavy atom. The van der Waals surface area contributed by atoms with Crippen molar-refractivity contribution in [1.29, 1.82) is 0 Å². The summed E-state index contributed by atoms with van der Waals surface area (Å²) >= 11 is 0. The van der Waals surface area contributed by atoms with Crippen molar-refractivity contribution >= 4 is 57.1 Å². The largest absolute Gasteiger partial charge is 0.493 e. The molecule has 4 aliphatic rings. The van der Waals surface area contributed by atoms with Gasteiger partial charge in [-0.2, -0.15) is 0 Å². The van der Waals surface area contributed by atoms with Crippen molar-refractivity contribution in [1.82, 2.24) is 14.8 Å². The topological polar surface area (TPSA) is 153 Å². The van der Waals surface area contributed by atoms with E-state index in [2.05, 4.69) is 30.4 Å². The second kappa shape index (κ2) is 18.1. The first kappa shape index (κ1) is 42.2. The van der Waals surface area contributed by atoms with Crippen LogP contribution in [0.15, 0.2) is 70.8 Å². The number of hydrogen-bond donors (Lipinski definition) is 1. The lowest BCUT2D eigenvalue weighted by atomic mass is 9.91. The van der Waals surface area contributed by atoms with Crippen molar-refractivity contribution in [3.05, 3.63) is 71.9 Å². The number of rotatable bonds is 15. The molecule has 0 saturated carbocycles. The van der Waals surface area contributed by atoms with E-state index in [0.29, 0.717) is 73.3 Å². The summed E-state index contributed by atoms with van der Waals surface area (Å²) in [4.78, 5) is 54.9. The van der Waals surface area contributed by atoms with Gasteiger partial charge in [-0.3, -0.25) is 14.6 Å². The van der Waals surface area contributed by atoms with Crippen molar-refractivity contribution in [3.8, 4) is 23.0 Å². The van der Waals surface area contributed by atoms with Crippen LogP contribution in [0.25, 0.3) is 0 Å². The number of carbonyl (C=O) groups is 3. The molecule has 314 valence electrons. The van der Waals surface area contributed by atoms with Crippen LogP contribution in [-0.2, 0) is 4.74 Å². The zero-order valence-corrected chi connectivity index (χ0v) is 35.7. The molecular formula is C43H51N5O9S2. The van der Waals surface area contributed by atoms with Gasteiger partial charge in [0, 0.05) is 42.9 Å². The monoisotopic (exact) mass is 845 g/mol. The molecule has 0 aliphatic carbocycles. The quantitative estimate of drug-likeness (QED) is 0.0913. The second-order valence-corrected chi connectivity index (χ2v) is 18.6. The smallest absolute Gasteiger partial charge is 0.416 e. The first-order valence-electron chi connectivity index (χ1n) is 19.8. The van der Waals surface area contributed by atoms with E-state index in [1.807, 2.05) is 36.2 Å². The molecule has 59 heavy (non-hydrogen) atoms. The number of nitrogens with zero attached hydrogens (tertiary/aromatic N) is 5. The molecule has 1 aromatic heterocycles. The van der Waals surface area contributed by atoms with Crippen LogP contribution in [0.3, 0.4) is 0 Å². The molecule has 3 aromatic rings. The van der Waals surface area contributed by atoms with Gasteiger partial charge in [0.05, 0.1) is 62.0 Å².